The molecular formula is C12H12N4O. The Labute approximate surface area is 98.5 Å². The maximum absolute atomic E-state index is 11.8. The average Bonchev–Trinajstić information content (AvgIpc) is 2.72. The second kappa shape index (κ2) is 4.01. The number of aromatic nitrogens is 3. The molecule has 1 aliphatic heterocycles. The lowest BCUT2D eigenvalue weighted by atomic mass is 10.2. The molecular weight excluding hydrogens is 216 g/mol. The molecule has 0 saturated heterocycles. The van der Waals surface area contributed by atoms with Crippen molar-refractivity contribution in [2.24, 2.45) is 0 Å². The van der Waals surface area contributed by atoms with Crippen LogP contribution in [0.5, 0.6) is 0 Å². The van der Waals surface area contributed by atoms with Crippen LogP contribution in [-0.2, 0) is 6.54 Å². The summed E-state index contributed by atoms with van der Waals surface area (Å²) >= 11 is 0. The van der Waals surface area contributed by atoms with Gasteiger partial charge in [0.2, 0.25) is 0 Å². The SMILES string of the molecule is O=C1NCCCn2nc(-c3ccccn3)cc21. The molecule has 2 aromatic heterocycles. The summed E-state index contributed by atoms with van der Waals surface area (Å²) in [5, 5.41) is 7.27. The van der Waals surface area contributed by atoms with Crippen LogP contribution in [0, 0.1) is 0 Å². The first kappa shape index (κ1) is 10.0. The lowest BCUT2D eigenvalue weighted by Gasteiger charge is -1.98. The maximum atomic E-state index is 11.8. The molecule has 86 valence electrons. The van der Waals surface area contributed by atoms with Gasteiger partial charge in [-0.05, 0) is 24.6 Å². The Morgan fingerprint density at radius 3 is 3.06 bits per heavy atom. The Balaban J connectivity index is 2.05. The molecule has 0 aromatic carbocycles. The zero-order valence-electron chi connectivity index (χ0n) is 9.26. The van der Waals surface area contributed by atoms with Crippen LogP contribution in [0.1, 0.15) is 16.9 Å². The predicted molar refractivity (Wildman–Crippen MR) is 62.4 cm³/mol. The smallest absolute Gasteiger partial charge is 0.269 e. The lowest BCUT2D eigenvalue weighted by Crippen LogP contribution is -2.22. The zero-order valence-corrected chi connectivity index (χ0v) is 9.26. The standard InChI is InChI=1S/C12H12N4O/c17-12-11-8-10(9-4-1-2-5-13-9)15-16(11)7-3-6-14-12/h1-2,4-5,8H,3,6-7H2,(H,14,17). The molecule has 1 aliphatic rings. The maximum Gasteiger partial charge on any atom is 0.269 e. The molecule has 5 heteroatoms. The summed E-state index contributed by atoms with van der Waals surface area (Å²) in [6, 6.07) is 7.45. The molecule has 0 saturated carbocycles. The number of carbonyl (C=O) groups is 1. The van der Waals surface area contributed by atoms with Gasteiger partial charge in [-0.15, -0.1) is 0 Å². The van der Waals surface area contributed by atoms with Crippen molar-refractivity contribution in [2.75, 3.05) is 6.54 Å². The van der Waals surface area contributed by atoms with Crippen molar-refractivity contribution in [1.29, 1.82) is 0 Å². The third kappa shape index (κ3) is 1.80. The van der Waals surface area contributed by atoms with Crippen molar-refractivity contribution in [2.45, 2.75) is 13.0 Å². The van der Waals surface area contributed by atoms with E-state index in [0.717, 1.165) is 24.4 Å². The third-order valence-electron chi connectivity index (χ3n) is 2.77. The highest BCUT2D eigenvalue weighted by Gasteiger charge is 2.18. The Hall–Kier alpha value is -2.17. The van der Waals surface area contributed by atoms with E-state index in [2.05, 4.69) is 15.4 Å². The van der Waals surface area contributed by atoms with Gasteiger partial charge in [-0.25, -0.2) is 0 Å². The Bertz CT molecular complexity index is 547. The number of rotatable bonds is 1. The highest BCUT2D eigenvalue weighted by Crippen LogP contribution is 2.17. The Kier molecular flexibility index (Phi) is 2.36. The molecule has 0 atom stereocenters. The number of aryl methyl sites for hydroxylation is 1. The quantitative estimate of drug-likeness (QED) is 0.794. The van der Waals surface area contributed by atoms with E-state index < -0.39 is 0 Å². The van der Waals surface area contributed by atoms with E-state index in [1.807, 2.05) is 18.2 Å². The van der Waals surface area contributed by atoms with Gasteiger partial charge in [0.1, 0.15) is 11.4 Å². The van der Waals surface area contributed by atoms with Crippen LogP contribution >= 0.6 is 0 Å². The van der Waals surface area contributed by atoms with Crippen molar-refractivity contribution in [3.05, 3.63) is 36.2 Å². The molecule has 17 heavy (non-hydrogen) atoms. The zero-order chi connectivity index (χ0) is 11.7. The number of hydrogen-bond acceptors (Lipinski definition) is 3. The minimum atomic E-state index is -0.0582. The fraction of sp³-hybridized carbons (Fsp3) is 0.250. The normalized spacial score (nSPS) is 14.9. The first-order valence-corrected chi connectivity index (χ1v) is 5.62. The van der Waals surface area contributed by atoms with Crippen molar-refractivity contribution in [3.8, 4) is 11.4 Å². The Morgan fingerprint density at radius 1 is 1.29 bits per heavy atom. The molecule has 1 amide bonds. The van der Waals surface area contributed by atoms with Crippen LogP contribution in [0.4, 0.5) is 0 Å². The fourth-order valence-electron chi connectivity index (χ4n) is 1.93. The van der Waals surface area contributed by atoms with Gasteiger partial charge in [-0.3, -0.25) is 14.5 Å². The molecule has 5 nitrogen and oxygen atoms in total. The van der Waals surface area contributed by atoms with Gasteiger partial charge < -0.3 is 5.32 Å². The summed E-state index contributed by atoms with van der Waals surface area (Å²) < 4.78 is 1.76. The van der Waals surface area contributed by atoms with E-state index in [4.69, 9.17) is 0 Å². The number of carbonyl (C=O) groups excluding carboxylic acids is 1. The largest absolute Gasteiger partial charge is 0.351 e. The van der Waals surface area contributed by atoms with Gasteiger partial charge >= 0.3 is 0 Å². The van der Waals surface area contributed by atoms with Crippen LogP contribution in [0.3, 0.4) is 0 Å². The topological polar surface area (TPSA) is 59.8 Å². The number of nitrogens with one attached hydrogen (secondary N) is 1. The summed E-state index contributed by atoms with van der Waals surface area (Å²) in [4.78, 5) is 16.0. The highest BCUT2D eigenvalue weighted by atomic mass is 16.2. The molecule has 3 heterocycles. The molecule has 3 rings (SSSR count). The molecule has 0 aliphatic carbocycles. The minimum absolute atomic E-state index is 0.0582. The van der Waals surface area contributed by atoms with Crippen molar-refractivity contribution in [1.82, 2.24) is 20.1 Å². The second-order valence-corrected chi connectivity index (χ2v) is 3.96. The lowest BCUT2D eigenvalue weighted by molar-refractivity contribution is 0.0950. The van der Waals surface area contributed by atoms with Crippen molar-refractivity contribution >= 4 is 5.91 Å². The van der Waals surface area contributed by atoms with Crippen LogP contribution in [-0.4, -0.2) is 27.2 Å². The second-order valence-electron chi connectivity index (χ2n) is 3.96. The van der Waals surface area contributed by atoms with Crippen LogP contribution in [0.25, 0.3) is 11.4 Å². The first-order valence-electron chi connectivity index (χ1n) is 5.62. The molecule has 0 bridgehead atoms. The number of fused-ring (bicyclic) bond motifs is 1. The van der Waals surface area contributed by atoms with E-state index in [1.54, 1.807) is 16.9 Å². The number of nitrogens with zero attached hydrogens (tertiary/aromatic N) is 3. The fourth-order valence-corrected chi connectivity index (χ4v) is 1.93. The van der Waals surface area contributed by atoms with Gasteiger partial charge in [0.25, 0.3) is 5.91 Å². The van der Waals surface area contributed by atoms with Crippen LogP contribution in [0.2, 0.25) is 0 Å². The summed E-state index contributed by atoms with van der Waals surface area (Å²) in [6.07, 6.45) is 2.63. The minimum Gasteiger partial charge on any atom is -0.351 e. The number of hydrogen-bond donors (Lipinski definition) is 1. The number of pyridine rings is 1. The predicted octanol–water partition coefficient (Wildman–Crippen LogP) is 1.08. The summed E-state index contributed by atoms with van der Waals surface area (Å²) in [7, 11) is 0. The highest BCUT2D eigenvalue weighted by molar-refractivity contribution is 5.93. The van der Waals surface area contributed by atoms with Crippen LogP contribution < -0.4 is 5.32 Å². The molecule has 0 radical (unpaired) electrons. The summed E-state index contributed by atoms with van der Waals surface area (Å²) in [6.45, 7) is 1.47. The van der Waals surface area contributed by atoms with E-state index >= 15 is 0 Å². The monoisotopic (exact) mass is 228 g/mol. The molecule has 0 spiro atoms. The van der Waals surface area contributed by atoms with E-state index in [0.29, 0.717) is 12.2 Å². The number of amides is 1. The Morgan fingerprint density at radius 2 is 2.24 bits per heavy atom. The van der Waals surface area contributed by atoms with Crippen LogP contribution in [0.15, 0.2) is 30.5 Å². The third-order valence-corrected chi connectivity index (χ3v) is 2.77. The van der Waals surface area contributed by atoms with E-state index in [1.165, 1.54) is 0 Å². The summed E-state index contributed by atoms with van der Waals surface area (Å²) in [5.41, 5.74) is 2.15. The van der Waals surface area contributed by atoms with Crippen molar-refractivity contribution < 1.29 is 4.79 Å². The van der Waals surface area contributed by atoms with Gasteiger partial charge in [0, 0.05) is 19.3 Å². The summed E-state index contributed by atoms with van der Waals surface area (Å²) in [5.74, 6) is -0.0582. The molecule has 0 unspecified atom stereocenters. The van der Waals surface area contributed by atoms with Gasteiger partial charge in [0.15, 0.2) is 0 Å². The van der Waals surface area contributed by atoms with E-state index in [9.17, 15) is 4.79 Å². The van der Waals surface area contributed by atoms with Gasteiger partial charge in [-0.2, -0.15) is 5.10 Å². The van der Waals surface area contributed by atoms with Gasteiger partial charge in [0.05, 0.1) is 5.69 Å². The molecule has 1 N–H and O–H groups in total. The first-order chi connectivity index (χ1) is 8.34. The average molecular weight is 228 g/mol. The van der Waals surface area contributed by atoms with Gasteiger partial charge in [-0.1, -0.05) is 6.07 Å². The molecule has 0 fully saturated rings. The van der Waals surface area contributed by atoms with E-state index in [-0.39, 0.29) is 5.91 Å². The molecule has 2 aromatic rings. The van der Waals surface area contributed by atoms with Crippen molar-refractivity contribution in [3.63, 3.8) is 0 Å².